The normalized spacial score (nSPS) is 15.3. The molecule has 0 bridgehead atoms. The topological polar surface area (TPSA) is 6.48 Å². The van der Waals surface area contributed by atoms with E-state index in [0.717, 1.165) is 19.5 Å². The summed E-state index contributed by atoms with van der Waals surface area (Å²) in [4.78, 5) is 4.94. The van der Waals surface area contributed by atoms with Crippen LogP contribution in [-0.2, 0) is 19.5 Å². The summed E-state index contributed by atoms with van der Waals surface area (Å²) >= 11 is 0. The Hall–Kier alpha value is -3.00. The number of nitrogens with zero attached hydrogens (tertiary/aromatic N) is 2. The highest BCUT2D eigenvalue weighted by atomic mass is 15.4. The molecule has 4 rings (SSSR count). The van der Waals surface area contributed by atoms with Crippen molar-refractivity contribution in [2.75, 3.05) is 0 Å². The van der Waals surface area contributed by atoms with Crippen LogP contribution in [0.5, 0.6) is 0 Å². The van der Waals surface area contributed by atoms with Crippen molar-refractivity contribution in [1.82, 2.24) is 9.80 Å². The molecule has 0 radical (unpaired) electrons. The summed E-state index contributed by atoms with van der Waals surface area (Å²) in [6.07, 6.45) is 5.47. The van der Waals surface area contributed by atoms with Crippen molar-refractivity contribution in [3.63, 3.8) is 0 Å². The Labute approximate surface area is 162 Å². The number of benzene rings is 3. The van der Waals surface area contributed by atoms with Crippen LogP contribution >= 0.6 is 0 Å². The minimum atomic E-state index is -0.104. The van der Waals surface area contributed by atoms with E-state index in [2.05, 4.69) is 120 Å². The molecule has 0 aliphatic carbocycles. The lowest BCUT2D eigenvalue weighted by Crippen LogP contribution is -2.51. The van der Waals surface area contributed by atoms with Crippen LogP contribution in [0.25, 0.3) is 0 Å². The molecule has 0 saturated carbocycles. The Bertz CT molecular complexity index is 820. The van der Waals surface area contributed by atoms with Crippen LogP contribution in [0.1, 0.15) is 23.6 Å². The van der Waals surface area contributed by atoms with Gasteiger partial charge in [0.25, 0.3) is 0 Å². The Kier molecular flexibility index (Phi) is 4.97. The maximum Gasteiger partial charge on any atom is 0.114 e. The second-order valence-corrected chi connectivity index (χ2v) is 7.40. The van der Waals surface area contributed by atoms with Crippen LogP contribution in [0.3, 0.4) is 0 Å². The number of hydrogen-bond donors (Lipinski definition) is 0. The smallest absolute Gasteiger partial charge is 0.114 e. The summed E-state index contributed by atoms with van der Waals surface area (Å²) in [5.74, 6) is 0. The van der Waals surface area contributed by atoms with E-state index in [0.29, 0.717) is 0 Å². The SMILES string of the molecule is CC1(Cc2ccccc2)N(Cc2ccccc2)C=CN1Cc1ccccc1. The lowest BCUT2D eigenvalue weighted by Gasteiger charge is -2.44. The van der Waals surface area contributed by atoms with E-state index in [1.165, 1.54) is 16.7 Å². The molecule has 1 aliphatic rings. The van der Waals surface area contributed by atoms with Crippen LogP contribution < -0.4 is 0 Å². The van der Waals surface area contributed by atoms with Gasteiger partial charge in [-0.25, -0.2) is 0 Å². The quantitative estimate of drug-likeness (QED) is 0.582. The zero-order valence-electron chi connectivity index (χ0n) is 15.8. The third kappa shape index (κ3) is 3.90. The molecule has 0 spiro atoms. The Balaban J connectivity index is 1.61. The van der Waals surface area contributed by atoms with Crippen molar-refractivity contribution in [3.8, 4) is 0 Å². The average molecular weight is 354 g/mol. The summed E-state index contributed by atoms with van der Waals surface area (Å²) in [5.41, 5.74) is 3.93. The highest BCUT2D eigenvalue weighted by Gasteiger charge is 2.39. The van der Waals surface area contributed by atoms with Crippen molar-refractivity contribution in [1.29, 1.82) is 0 Å². The van der Waals surface area contributed by atoms with Gasteiger partial charge in [0.15, 0.2) is 0 Å². The van der Waals surface area contributed by atoms with Crippen LogP contribution in [0, 0.1) is 0 Å². The van der Waals surface area contributed by atoms with Crippen molar-refractivity contribution >= 4 is 0 Å². The first-order valence-electron chi connectivity index (χ1n) is 9.58. The van der Waals surface area contributed by atoms with E-state index in [1.807, 2.05) is 0 Å². The van der Waals surface area contributed by atoms with Gasteiger partial charge in [-0.15, -0.1) is 0 Å². The molecule has 136 valence electrons. The predicted octanol–water partition coefficient (Wildman–Crippen LogP) is 5.43. The first kappa shape index (κ1) is 17.4. The highest BCUT2D eigenvalue weighted by Crippen LogP contribution is 2.34. The first-order chi connectivity index (χ1) is 13.2. The van der Waals surface area contributed by atoms with Gasteiger partial charge < -0.3 is 9.80 Å². The van der Waals surface area contributed by atoms with Gasteiger partial charge in [-0.05, 0) is 23.6 Å². The molecule has 27 heavy (non-hydrogen) atoms. The molecule has 2 heteroatoms. The maximum absolute atomic E-state index is 2.47. The molecule has 1 aliphatic heterocycles. The first-order valence-corrected chi connectivity index (χ1v) is 9.58. The van der Waals surface area contributed by atoms with Gasteiger partial charge in [0.1, 0.15) is 5.66 Å². The molecule has 0 N–H and O–H groups in total. The largest absolute Gasteiger partial charge is 0.349 e. The van der Waals surface area contributed by atoms with Gasteiger partial charge in [-0.3, -0.25) is 0 Å². The Morgan fingerprint density at radius 2 is 0.926 bits per heavy atom. The number of rotatable bonds is 6. The van der Waals surface area contributed by atoms with Gasteiger partial charge in [0, 0.05) is 31.9 Å². The minimum absolute atomic E-state index is 0.104. The molecule has 0 amide bonds. The molecule has 0 saturated heterocycles. The van der Waals surface area contributed by atoms with Crippen LogP contribution in [0.2, 0.25) is 0 Å². The van der Waals surface area contributed by atoms with Crippen LogP contribution in [0.4, 0.5) is 0 Å². The zero-order valence-corrected chi connectivity index (χ0v) is 15.8. The molecular formula is C25H26N2. The number of hydrogen-bond acceptors (Lipinski definition) is 2. The summed E-state index contributed by atoms with van der Waals surface area (Å²) in [6.45, 7) is 4.17. The van der Waals surface area contributed by atoms with Crippen molar-refractivity contribution in [2.24, 2.45) is 0 Å². The lowest BCUT2D eigenvalue weighted by atomic mass is 9.97. The van der Waals surface area contributed by atoms with Gasteiger partial charge in [0.05, 0.1) is 0 Å². The van der Waals surface area contributed by atoms with Gasteiger partial charge in [-0.2, -0.15) is 0 Å². The fraction of sp³-hybridized carbons (Fsp3) is 0.200. The van der Waals surface area contributed by atoms with Gasteiger partial charge in [-0.1, -0.05) is 91.0 Å². The zero-order chi connectivity index (χ0) is 18.5. The van der Waals surface area contributed by atoms with E-state index < -0.39 is 0 Å². The van der Waals surface area contributed by atoms with E-state index in [1.54, 1.807) is 0 Å². The van der Waals surface area contributed by atoms with Crippen LogP contribution in [-0.4, -0.2) is 15.5 Å². The third-order valence-corrected chi connectivity index (χ3v) is 5.44. The Morgan fingerprint density at radius 3 is 1.33 bits per heavy atom. The van der Waals surface area contributed by atoms with Crippen molar-refractivity contribution in [2.45, 2.75) is 32.1 Å². The van der Waals surface area contributed by atoms with E-state index in [-0.39, 0.29) is 5.66 Å². The third-order valence-electron chi connectivity index (χ3n) is 5.44. The summed E-state index contributed by atoms with van der Waals surface area (Å²) in [6, 6.07) is 32.2. The lowest BCUT2D eigenvalue weighted by molar-refractivity contribution is 0.0342. The molecule has 0 unspecified atom stereocenters. The molecule has 2 nitrogen and oxygen atoms in total. The average Bonchev–Trinajstić information content (AvgIpc) is 3.00. The second kappa shape index (κ2) is 7.71. The Morgan fingerprint density at radius 1 is 0.556 bits per heavy atom. The molecule has 0 fully saturated rings. The van der Waals surface area contributed by atoms with Crippen molar-refractivity contribution < 1.29 is 0 Å². The molecule has 3 aromatic carbocycles. The molecular weight excluding hydrogens is 328 g/mol. The molecule has 3 aromatic rings. The summed E-state index contributed by atoms with van der Waals surface area (Å²) in [5, 5.41) is 0. The maximum atomic E-state index is 2.47. The van der Waals surface area contributed by atoms with Crippen LogP contribution in [0.15, 0.2) is 103 Å². The second-order valence-electron chi connectivity index (χ2n) is 7.40. The molecule has 0 atom stereocenters. The summed E-state index contributed by atoms with van der Waals surface area (Å²) in [7, 11) is 0. The monoisotopic (exact) mass is 354 g/mol. The van der Waals surface area contributed by atoms with Gasteiger partial charge >= 0.3 is 0 Å². The van der Waals surface area contributed by atoms with Gasteiger partial charge in [0.2, 0.25) is 0 Å². The fourth-order valence-electron chi connectivity index (χ4n) is 3.84. The summed E-state index contributed by atoms with van der Waals surface area (Å²) < 4.78 is 0. The van der Waals surface area contributed by atoms with E-state index in [9.17, 15) is 0 Å². The molecule has 0 aromatic heterocycles. The standard InChI is InChI=1S/C25H26N2/c1-25(19-22-11-5-2-6-12-22)26(20-23-13-7-3-8-14-23)17-18-27(25)21-24-15-9-4-10-16-24/h2-18H,19-21H2,1H3. The van der Waals surface area contributed by atoms with Crippen molar-refractivity contribution in [3.05, 3.63) is 120 Å². The molecule has 1 heterocycles. The predicted molar refractivity (Wildman–Crippen MR) is 112 cm³/mol. The van der Waals surface area contributed by atoms with E-state index >= 15 is 0 Å². The van der Waals surface area contributed by atoms with E-state index in [4.69, 9.17) is 0 Å². The highest BCUT2D eigenvalue weighted by molar-refractivity contribution is 5.23. The fourth-order valence-corrected chi connectivity index (χ4v) is 3.84. The minimum Gasteiger partial charge on any atom is -0.349 e.